The highest BCUT2D eigenvalue weighted by atomic mass is 32.2. The Bertz CT molecular complexity index is 831. The molecule has 1 N–H and O–H groups in total. The molecule has 162 valence electrons. The predicted octanol–water partition coefficient (Wildman–Crippen LogP) is 4.60. The van der Waals surface area contributed by atoms with Crippen molar-refractivity contribution in [2.24, 2.45) is 0 Å². The van der Waals surface area contributed by atoms with Crippen molar-refractivity contribution in [1.29, 1.82) is 0 Å². The van der Waals surface area contributed by atoms with E-state index in [0.717, 1.165) is 17.7 Å². The second-order valence-corrected chi connectivity index (χ2v) is 9.71. The van der Waals surface area contributed by atoms with Crippen molar-refractivity contribution < 1.29 is 9.59 Å². The zero-order chi connectivity index (χ0) is 22.1. The molecule has 0 saturated heterocycles. The first kappa shape index (κ1) is 24.0. The fourth-order valence-electron chi connectivity index (χ4n) is 3.19. The second kappa shape index (κ2) is 11.2. The van der Waals surface area contributed by atoms with Crippen LogP contribution in [0.4, 0.5) is 0 Å². The van der Waals surface area contributed by atoms with Gasteiger partial charge < -0.3 is 10.2 Å². The molecule has 0 bridgehead atoms. The van der Waals surface area contributed by atoms with E-state index in [0.29, 0.717) is 12.3 Å². The first-order valence-corrected chi connectivity index (χ1v) is 11.6. The van der Waals surface area contributed by atoms with E-state index in [2.05, 4.69) is 42.6 Å². The Morgan fingerprint density at radius 1 is 1.03 bits per heavy atom. The third-order valence-corrected chi connectivity index (χ3v) is 5.71. The summed E-state index contributed by atoms with van der Waals surface area (Å²) in [6.45, 7) is 10.3. The molecular formula is C25H34N2O2S. The highest BCUT2D eigenvalue weighted by Gasteiger charge is 2.27. The molecule has 0 unspecified atom stereocenters. The van der Waals surface area contributed by atoms with Gasteiger partial charge in [-0.05, 0) is 52.2 Å². The average Bonchev–Trinajstić information content (AvgIpc) is 2.67. The van der Waals surface area contributed by atoms with Crippen molar-refractivity contribution >= 4 is 23.6 Å². The number of hydrogen-bond donors (Lipinski definition) is 1. The Labute approximate surface area is 185 Å². The van der Waals surface area contributed by atoms with Gasteiger partial charge in [0.05, 0.1) is 5.75 Å². The molecule has 30 heavy (non-hydrogen) atoms. The minimum absolute atomic E-state index is 0.000133. The van der Waals surface area contributed by atoms with Crippen LogP contribution in [0.2, 0.25) is 0 Å². The lowest BCUT2D eigenvalue weighted by molar-refractivity contribution is -0.138. The monoisotopic (exact) mass is 426 g/mol. The van der Waals surface area contributed by atoms with E-state index < -0.39 is 6.04 Å². The summed E-state index contributed by atoms with van der Waals surface area (Å²) in [5.41, 5.74) is 3.25. The maximum absolute atomic E-state index is 13.1. The van der Waals surface area contributed by atoms with Gasteiger partial charge in [-0.2, -0.15) is 0 Å². The van der Waals surface area contributed by atoms with Crippen LogP contribution in [0.5, 0.6) is 0 Å². The largest absolute Gasteiger partial charge is 0.350 e. The molecule has 0 spiro atoms. The number of nitrogens with one attached hydrogen (secondary N) is 1. The van der Waals surface area contributed by atoms with E-state index in [4.69, 9.17) is 0 Å². The molecule has 0 radical (unpaired) electrons. The highest BCUT2D eigenvalue weighted by Crippen LogP contribution is 2.16. The molecule has 0 saturated carbocycles. The molecule has 2 aromatic carbocycles. The van der Waals surface area contributed by atoms with E-state index in [-0.39, 0.29) is 17.4 Å². The number of benzene rings is 2. The summed E-state index contributed by atoms with van der Waals surface area (Å²) in [6, 6.07) is 17.9. The van der Waals surface area contributed by atoms with Crippen molar-refractivity contribution in [3.63, 3.8) is 0 Å². The Hall–Kier alpha value is -2.27. The molecule has 0 aliphatic rings. The fourth-order valence-corrected chi connectivity index (χ4v) is 4.04. The molecule has 4 nitrogen and oxygen atoms in total. The molecule has 1 atom stereocenters. The van der Waals surface area contributed by atoms with Gasteiger partial charge in [-0.1, -0.05) is 60.2 Å². The number of hydrogen-bond acceptors (Lipinski definition) is 3. The average molecular weight is 427 g/mol. The van der Waals surface area contributed by atoms with Crippen LogP contribution in [0, 0.1) is 6.92 Å². The van der Waals surface area contributed by atoms with Crippen LogP contribution >= 0.6 is 11.8 Å². The number of rotatable bonds is 9. The van der Waals surface area contributed by atoms with Gasteiger partial charge in [0.25, 0.3) is 0 Å². The Morgan fingerprint density at radius 3 is 2.33 bits per heavy atom. The minimum Gasteiger partial charge on any atom is -0.350 e. The Morgan fingerprint density at radius 2 is 1.70 bits per heavy atom. The Kier molecular flexibility index (Phi) is 8.97. The fraction of sp³-hybridized carbons (Fsp3) is 0.440. The van der Waals surface area contributed by atoms with Gasteiger partial charge in [-0.3, -0.25) is 9.59 Å². The molecule has 0 aliphatic heterocycles. The first-order chi connectivity index (χ1) is 14.2. The SMILES string of the molecule is Cc1cccc(CSCC(=O)N(CCc2ccccc2)[C@@H](C)C(=O)NC(C)(C)C)c1. The lowest BCUT2D eigenvalue weighted by atomic mass is 10.1. The van der Waals surface area contributed by atoms with Gasteiger partial charge in [-0.15, -0.1) is 11.8 Å². The van der Waals surface area contributed by atoms with E-state index in [1.807, 2.05) is 52.0 Å². The third kappa shape index (κ3) is 8.23. The van der Waals surface area contributed by atoms with Gasteiger partial charge in [-0.25, -0.2) is 0 Å². The summed E-state index contributed by atoms with van der Waals surface area (Å²) < 4.78 is 0. The van der Waals surface area contributed by atoms with Crippen molar-refractivity contribution in [2.45, 2.75) is 58.4 Å². The summed E-state index contributed by atoms with van der Waals surface area (Å²) >= 11 is 1.59. The van der Waals surface area contributed by atoms with Gasteiger partial charge in [0, 0.05) is 17.8 Å². The summed E-state index contributed by atoms with van der Waals surface area (Å²) in [5, 5.41) is 3.00. The maximum Gasteiger partial charge on any atom is 0.242 e. The van der Waals surface area contributed by atoms with Crippen molar-refractivity contribution in [1.82, 2.24) is 10.2 Å². The molecule has 5 heteroatoms. The molecule has 2 amide bonds. The number of thioether (sulfide) groups is 1. The van der Waals surface area contributed by atoms with Crippen LogP contribution in [0.25, 0.3) is 0 Å². The van der Waals surface area contributed by atoms with Crippen molar-refractivity contribution in [3.8, 4) is 0 Å². The molecule has 0 aliphatic carbocycles. The maximum atomic E-state index is 13.1. The van der Waals surface area contributed by atoms with Crippen LogP contribution in [0.1, 0.15) is 44.4 Å². The van der Waals surface area contributed by atoms with E-state index in [1.54, 1.807) is 16.7 Å². The third-order valence-electron chi connectivity index (χ3n) is 4.73. The van der Waals surface area contributed by atoms with Gasteiger partial charge in [0.1, 0.15) is 6.04 Å². The summed E-state index contributed by atoms with van der Waals surface area (Å²) in [5.74, 6) is 1.02. The number of carbonyl (C=O) groups is 2. The summed E-state index contributed by atoms with van der Waals surface area (Å²) in [4.78, 5) is 27.5. The zero-order valence-electron chi connectivity index (χ0n) is 18.8. The Balaban J connectivity index is 2.02. The lowest BCUT2D eigenvalue weighted by Crippen LogP contribution is -2.53. The van der Waals surface area contributed by atoms with Crippen molar-refractivity contribution in [2.75, 3.05) is 12.3 Å². The number of nitrogens with zero attached hydrogens (tertiary/aromatic N) is 1. The van der Waals surface area contributed by atoms with Crippen LogP contribution in [-0.4, -0.2) is 40.6 Å². The summed E-state index contributed by atoms with van der Waals surface area (Å²) in [7, 11) is 0. The van der Waals surface area contributed by atoms with Crippen LogP contribution < -0.4 is 5.32 Å². The number of aryl methyl sites for hydroxylation is 1. The highest BCUT2D eigenvalue weighted by molar-refractivity contribution is 7.99. The van der Waals surface area contributed by atoms with E-state index in [9.17, 15) is 9.59 Å². The van der Waals surface area contributed by atoms with Crippen molar-refractivity contribution in [3.05, 3.63) is 71.3 Å². The first-order valence-electron chi connectivity index (χ1n) is 10.4. The molecular weight excluding hydrogens is 392 g/mol. The molecule has 0 heterocycles. The molecule has 0 fully saturated rings. The number of amides is 2. The predicted molar refractivity (Wildman–Crippen MR) is 127 cm³/mol. The number of carbonyl (C=O) groups excluding carboxylic acids is 2. The smallest absolute Gasteiger partial charge is 0.242 e. The van der Waals surface area contributed by atoms with Gasteiger partial charge in [0.15, 0.2) is 0 Å². The normalized spacial score (nSPS) is 12.3. The quantitative estimate of drug-likeness (QED) is 0.637. The molecule has 0 aromatic heterocycles. The van der Waals surface area contributed by atoms with Crippen LogP contribution in [0.15, 0.2) is 54.6 Å². The van der Waals surface area contributed by atoms with Crippen LogP contribution in [0.3, 0.4) is 0 Å². The molecule has 2 aromatic rings. The van der Waals surface area contributed by atoms with Gasteiger partial charge >= 0.3 is 0 Å². The topological polar surface area (TPSA) is 49.4 Å². The standard InChI is InChI=1S/C25H34N2O2S/c1-19-10-9-13-22(16-19)17-30-18-23(28)27(15-14-21-11-7-6-8-12-21)20(2)24(29)26-25(3,4)5/h6-13,16,20H,14-15,17-18H2,1-5H3,(H,26,29)/t20-/m0/s1. The van der Waals surface area contributed by atoms with Gasteiger partial charge in [0.2, 0.25) is 11.8 Å². The van der Waals surface area contributed by atoms with E-state index >= 15 is 0 Å². The lowest BCUT2D eigenvalue weighted by Gasteiger charge is -2.31. The molecule has 2 rings (SSSR count). The summed E-state index contributed by atoms with van der Waals surface area (Å²) in [6.07, 6.45) is 0.724. The second-order valence-electron chi connectivity index (χ2n) is 8.72. The zero-order valence-corrected chi connectivity index (χ0v) is 19.6. The van der Waals surface area contributed by atoms with E-state index in [1.165, 1.54) is 11.1 Å². The van der Waals surface area contributed by atoms with Crippen LogP contribution in [-0.2, 0) is 21.8 Å². The minimum atomic E-state index is -0.514.